The van der Waals surface area contributed by atoms with Gasteiger partial charge in [0.2, 0.25) is 17.6 Å². The van der Waals surface area contributed by atoms with E-state index >= 15 is 0 Å². The molecular weight excluding hydrogens is 372 g/mol. The summed E-state index contributed by atoms with van der Waals surface area (Å²) in [6.07, 6.45) is 0.152. The molecule has 0 saturated carbocycles. The van der Waals surface area contributed by atoms with Crippen LogP contribution in [0.15, 0.2) is 36.4 Å². The molecule has 0 heterocycles. The first kappa shape index (κ1) is 20.4. The Balaban J connectivity index is 1.93. The summed E-state index contributed by atoms with van der Waals surface area (Å²) in [6, 6.07) is 10.3. The molecule has 0 aliphatic rings. The summed E-state index contributed by atoms with van der Waals surface area (Å²) in [5.41, 5.74) is 6.21. The van der Waals surface area contributed by atoms with Crippen molar-refractivity contribution in [2.45, 2.75) is 12.8 Å². The third-order valence-corrected chi connectivity index (χ3v) is 3.96. The molecule has 0 aromatic heterocycles. The maximum Gasteiger partial charge on any atom is 0.242 e. The highest BCUT2D eigenvalue weighted by molar-refractivity contribution is 6.30. The van der Waals surface area contributed by atoms with Crippen molar-refractivity contribution < 1.29 is 23.8 Å². The smallest absolute Gasteiger partial charge is 0.242 e. The van der Waals surface area contributed by atoms with E-state index in [1.54, 1.807) is 36.4 Å². The molecule has 2 rings (SSSR count). The molecule has 0 fully saturated rings. The zero-order valence-corrected chi connectivity index (χ0v) is 16.1. The van der Waals surface area contributed by atoms with Gasteiger partial charge < -0.3 is 14.2 Å². The zero-order chi connectivity index (χ0) is 19.8. The zero-order valence-electron chi connectivity index (χ0n) is 15.3. The number of benzene rings is 2. The van der Waals surface area contributed by atoms with Crippen LogP contribution in [-0.2, 0) is 22.4 Å². The summed E-state index contributed by atoms with van der Waals surface area (Å²) in [4.78, 5) is 24.0. The first-order valence-corrected chi connectivity index (χ1v) is 8.45. The minimum absolute atomic E-state index is 0.0257. The summed E-state index contributed by atoms with van der Waals surface area (Å²) < 4.78 is 15.8. The van der Waals surface area contributed by atoms with Gasteiger partial charge in [-0.05, 0) is 35.4 Å². The fraction of sp³-hybridized carbons (Fsp3) is 0.263. The van der Waals surface area contributed by atoms with Gasteiger partial charge in [-0.25, -0.2) is 0 Å². The van der Waals surface area contributed by atoms with Gasteiger partial charge >= 0.3 is 0 Å². The highest BCUT2D eigenvalue weighted by atomic mass is 35.5. The second-order valence-corrected chi connectivity index (χ2v) is 6.05. The van der Waals surface area contributed by atoms with Crippen molar-refractivity contribution in [2.24, 2.45) is 0 Å². The lowest BCUT2D eigenvalue weighted by molar-refractivity contribution is -0.128. The molecule has 0 aliphatic heterocycles. The lowest BCUT2D eigenvalue weighted by atomic mass is 10.1. The number of hydrazine groups is 1. The predicted octanol–water partition coefficient (Wildman–Crippen LogP) is 2.30. The number of nitrogens with one attached hydrogen (secondary N) is 2. The SMILES string of the molecule is COc1cc(CC(=O)NNC(=O)Cc2ccc(Cl)cc2)cc(OC)c1OC. The van der Waals surface area contributed by atoms with Gasteiger partial charge in [-0.1, -0.05) is 23.7 Å². The Hall–Kier alpha value is -2.93. The van der Waals surface area contributed by atoms with Crippen molar-refractivity contribution in [3.05, 3.63) is 52.5 Å². The lowest BCUT2D eigenvalue weighted by Gasteiger charge is -2.14. The Morgan fingerprint density at radius 2 is 1.30 bits per heavy atom. The van der Waals surface area contributed by atoms with Crippen molar-refractivity contribution in [1.29, 1.82) is 0 Å². The van der Waals surface area contributed by atoms with Crippen molar-refractivity contribution in [3.63, 3.8) is 0 Å². The number of carbonyl (C=O) groups is 2. The maximum absolute atomic E-state index is 12.1. The number of amides is 2. The standard InChI is InChI=1S/C19H21ClN2O5/c1-25-15-8-13(9-16(26-2)19(15)27-3)11-18(24)22-21-17(23)10-12-4-6-14(20)7-5-12/h4-9H,10-11H2,1-3H3,(H,21,23)(H,22,24). The van der Waals surface area contributed by atoms with Crippen molar-refractivity contribution in [2.75, 3.05) is 21.3 Å². The minimum atomic E-state index is -0.381. The number of halogens is 1. The summed E-state index contributed by atoms with van der Waals surface area (Å²) in [5, 5.41) is 0.595. The van der Waals surface area contributed by atoms with Crippen LogP contribution in [0.25, 0.3) is 0 Å². The molecule has 27 heavy (non-hydrogen) atoms. The van der Waals surface area contributed by atoms with E-state index in [1.807, 2.05) is 0 Å². The van der Waals surface area contributed by atoms with E-state index in [4.69, 9.17) is 25.8 Å². The average molecular weight is 393 g/mol. The quantitative estimate of drug-likeness (QED) is 0.706. The van der Waals surface area contributed by atoms with Gasteiger partial charge in [-0.15, -0.1) is 0 Å². The van der Waals surface area contributed by atoms with E-state index in [1.165, 1.54) is 21.3 Å². The third kappa shape index (κ3) is 5.79. The Kier molecular flexibility index (Phi) is 7.31. The number of rotatable bonds is 7. The number of methoxy groups -OCH3 is 3. The molecule has 0 radical (unpaired) electrons. The van der Waals surface area contributed by atoms with Gasteiger partial charge in [0, 0.05) is 5.02 Å². The van der Waals surface area contributed by atoms with Gasteiger partial charge in [0.25, 0.3) is 0 Å². The monoisotopic (exact) mass is 392 g/mol. The van der Waals surface area contributed by atoms with Crippen LogP contribution in [0.1, 0.15) is 11.1 Å². The molecule has 2 aromatic rings. The third-order valence-electron chi connectivity index (χ3n) is 3.71. The van der Waals surface area contributed by atoms with E-state index < -0.39 is 0 Å². The molecule has 7 nitrogen and oxygen atoms in total. The number of carbonyl (C=O) groups excluding carboxylic acids is 2. The molecule has 0 aliphatic carbocycles. The lowest BCUT2D eigenvalue weighted by Crippen LogP contribution is -2.43. The highest BCUT2D eigenvalue weighted by Crippen LogP contribution is 2.38. The Morgan fingerprint density at radius 3 is 1.74 bits per heavy atom. The number of ether oxygens (including phenoxy) is 3. The average Bonchev–Trinajstić information content (AvgIpc) is 2.67. The van der Waals surface area contributed by atoms with E-state index in [0.717, 1.165) is 5.56 Å². The van der Waals surface area contributed by atoms with Crippen LogP contribution in [0.4, 0.5) is 0 Å². The number of hydrogen-bond acceptors (Lipinski definition) is 5. The molecule has 8 heteroatoms. The van der Waals surface area contributed by atoms with Crippen molar-refractivity contribution in [1.82, 2.24) is 10.9 Å². The van der Waals surface area contributed by atoms with Gasteiger partial charge in [-0.2, -0.15) is 0 Å². The normalized spacial score (nSPS) is 10.1. The van der Waals surface area contributed by atoms with E-state index in [-0.39, 0.29) is 24.7 Å². The first-order chi connectivity index (χ1) is 13.0. The Bertz CT molecular complexity index is 783. The van der Waals surface area contributed by atoms with Gasteiger partial charge in [0.15, 0.2) is 11.5 Å². The molecule has 2 amide bonds. The summed E-state index contributed by atoms with van der Waals surface area (Å²) in [7, 11) is 4.50. The first-order valence-electron chi connectivity index (χ1n) is 8.07. The molecule has 2 aromatic carbocycles. The van der Waals surface area contributed by atoms with Gasteiger partial charge in [-0.3, -0.25) is 20.4 Å². The van der Waals surface area contributed by atoms with Crippen LogP contribution in [0.5, 0.6) is 17.2 Å². The Labute approximate surface area is 162 Å². The second kappa shape index (κ2) is 9.68. The summed E-state index contributed by atoms with van der Waals surface area (Å²) >= 11 is 5.81. The molecule has 0 bridgehead atoms. The van der Waals surface area contributed by atoms with Crippen molar-refractivity contribution >= 4 is 23.4 Å². The maximum atomic E-state index is 12.1. The van der Waals surface area contributed by atoms with Crippen molar-refractivity contribution in [3.8, 4) is 17.2 Å². The molecular formula is C19H21ClN2O5. The molecule has 0 spiro atoms. The predicted molar refractivity (Wildman–Crippen MR) is 101 cm³/mol. The fourth-order valence-electron chi connectivity index (χ4n) is 2.44. The Morgan fingerprint density at radius 1 is 0.815 bits per heavy atom. The van der Waals surface area contributed by atoms with E-state index in [0.29, 0.717) is 27.8 Å². The summed E-state index contributed by atoms with van der Waals surface area (Å²) in [6.45, 7) is 0. The van der Waals surface area contributed by atoms with Crippen LogP contribution >= 0.6 is 11.6 Å². The molecule has 0 atom stereocenters. The second-order valence-electron chi connectivity index (χ2n) is 5.61. The molecule has 0 unspecified atom stereocenters. The van der Waals surface area contributed by atoms with E-state index in [9.17, 15) is 9.59 Å². The van der Waals surface area contributed by atoms with E-state index in [2.05, 4.69) is 10.9 Å². The van der Waals surface area contributed by atoms with Crippen LogP contribution in [-0.4, -0.2) is 33.1 Å². The van der Waals surface area contributed by atoms with Crippen LogP contribution in [0.2, 0.25) is 5.02 Å². The molecule has 144 valence electrons. The molecule has 2 N–H and O–H groups in total. The highest BCUT2D eigenvalue weighted by Gasteiger charge is 2.15. The van der Waals surface area contributed by atoms with Crippen LogP contribution < -0.4 is 25.1 Å². The number of hydrogen-bond donors (Lipinski definition) is 2. The fourth-order valence-corrected chi connectivity index (χ4v) is 2.56. The largest absolute Gasteiger partial charge is 0.493 e. The van der Waals surface area contributed by atoms with Gasteiger partial charge in [0.1, 0.15) is 0 Å². The van der Waals surface area contributed by atoms with Gasteiger partial charge in [0.05, 0.1) is 34.2 Å². The summed E-state index contributed by atoms with van der Waals surface area (Å²) in [5.74, 6) is 0.627. The van der Waals surface area contributed by atoms with Crippen LogP contribution in [0, 0.1) is 0 Å². The topological polar surface area (TPSA) is 85.9 Å². The molecule has 0 saturated heterocycles. The minimum Gasteiger partial charge on any atom is -0.493 e. The van der Waals surface area contributed by atoms with Crippen LogP contribution in [0.3, 0.4) is 0 Å².